The topological polar surface area (TPSA) is 116 Å². The summed E-state index contributed by atoms with van der Waals surface area (Å²) in [4.78, 5) is 35.5. The Balaban J connectivity index is 2.58. The van der Waals surface area contributed by atoms with E-state index in [2.05, 4.69) is 0 Å². The van der Waals surface area contributed by atoms with Crippen LogP contribution in [0.25, 0.3) is 0 Å². The number of hydrogen-bond acceptors (Lipinski definition) is 5. The van der Waals surface area contributed by atoms with E-state index in [1.807, 2.05) is 0 Å². The molecule has 0 bridgehead atoms. The molecule has 7 nitrogen and oxygen atoms in total. The predicted octanol–water partition coefficient (Wildman–Crippen LogP) is -1.26. The van der Waals surface area contributed by atoms with Crippen molar-refractivity contribution in [1.82, 2.24) is 4.90 Å². The molecule has 1 unspecified atom stereocenters. The van der Waals surface area contributed by atoms with Crippen molar-refractivity contribution in [1.29, 1.82) is 0 Å². The number of carbonyl (C=O) groups is 3. The van der Waals surface area contributed by atoms with Gasteiger partial charge < -0.3 is 21.1 Å². The van der Waals surface area contributed by atoms with Gasteiger partial charge in [0.1, 0.15) is 6.54 Å². The molecule has 0 aromatic rings. The van der Waals surface area contributed by atoms with E-state index < -0.39 is 23.8 Å². The van der Waals surface area contributed by atoms with Gasteiger partial charge in [-0.3, -0.25) is 14.4 Å². The summed E-state index contributed by atoms with van der Waals surface area (Å²) in [6.07, 6.45) is 1.47. The van der Waals surface area contributed by atoms with E-state index in [-0.39, 0.29) is 25.6 Å². The molecule has 1 aliphatic carbocycles. The Morgan fingerprint density at radius 2 is 2.00 bits per heavy atom. The van der Waals surface area contributed by atoms with Crippen molar-refractivity contribution in [2.75, 3.05) is 13.2 Å². The number of primary amides is 1. The summed E-state index contributed by atoms with van der Waals surface area (Å²) in [5.74, 6) is -1.53. The van der Waals surface area contributed by atoms with Crippen LogP contribution in [0.3, 0.4) is 0 Å². The maximum Gasteiger partial charge on any atom is 0.325 e. The quantitative estimate of drug-likeness (QED) is 0.552. The fourth-order valence-corrected chi connectivity index (χ4v) is 1.64. The first kappa shape index (κ1) is 14.4. The lowest BCUT2D eigenvalue weighted by Crippen LogP contribution is -2.48. The number of rotatable bonds is 7. The van der Waals surface area contributed by atoms with Crippen LogP contribution in [0.15, 0.2) is 0 Å². The minimum atomic E-state index is -0.988. The number of amides is 2. The lowest BCUT2D eigenvalue weighted by Gasteiger charge is -2.24. The highest BCUT2D eigenvalue weighted by molar-refractivity contribution is 5.90. The second-order valence-corrected chi connectivity index (χ2v) is 4.28. The minimum absolute atomic E-state index is 0.0285. The average Bonchev–Trinajstić information content (AvgIpc) is 3.08. The van der Waals surface area contributed by atoms with Crippen molar-refractivity contribution in [2.45, 2.75) is 38.3 Å². The van der Waals surface area contributed by atoms with Gasteiger partial charge in [0.25, 0.3) is 0 Å². The molecule has 1 fully saturated rings. The maximum atomic E-state index is 12.0. The van der Waals surface area contributed by atoms with E-state index in [4.69, 9.17) is 16.2 Å². The highest BCUT2D eigenvalue weighted by Gasteiger charge is 2.36. The van der Waals surface area contributed by atoms with E-state index >= 15 is 0 Å². The number of esters is 1. The third-order valence-corrected chi connectivity index (χ3v) is 2.61. The molecular weight excluding hydrogens is 238 g/mol. The third-order valence-electron chi connectivity index (χ3n) is 2.61. The average molecular weight is 257 g/mol. The molecule has 0 radical (unpaired) electrons. The Kier molecular flexibility index (Phi) is 5.08. The SMILES string of the molecule is CCOC(=O)CN(C(=O)C(N)CC(N)=O)C1CC1. The Morgan fingerprint density at radius 1 is 1.39 bits per heavy atom. The molecule has 1 atom stereocenters. The third kappa shape index (κ3) is 4.33. The van der Waals surface area contributed by atoms with Crippen LogP contribution in [-0.2, 0) is 19.1 Å². The molecule has 2 amide bonds. The van der Waals surface area contributed by atoms with E-state index in [1.54, 1.807) is 6.92 Å². The second kappa shape index (κ2) is 6.34. The van der Waals surface area contributed by atoms with Gasteiger partial charge in [0, 0.05) is 6.04 Å². The molecule has 0 aliphatic heterocycles. The van der Waals surface area contributed by atoms with E-state index in [0.717, 1.165) is 12.8 Å². The summed E-state index contributed by atoms with van der Waals surface area (Å²) in [6, 6.07) is -0.960. The van der Waals surface area contributed by atoms with Crippen molar-refractivity contribution < 1.29 is 19.1 Å². The van der Waals surface area contributed by atoms with Crippen molar-refractivity contribution in [3.8, 4) is 0 Å². The lowest BCUT2D eigenvalue weighted by molar-refractivity contribution is -0.149. The van der Waals surface area contributed by atoms with Crippen LogP contribution >= 0.6 is 0 Å². The Morgan fingerprint density at radius 3 is 2.44 bits per heavy atom. The highest BCUT2D eigenvalue weighted by atomic mass is 16.5. The van der Waals surface area contributed by atoms with Gasteiger partial charge in [0.15, 0.2) is 0 Å². The van der Waals surface area contributed by atoms with Crippen LogP contribution in [0, 0.1) is 0 Å². The first-order valence-electron chi connectivity index (χ1n) is 5.95. The van der Waals surface area contributed by atoms with Crippen LogP contribution in [-0.4, -0.2) is 47.9 Å². The maximum absolute atomic E-state index is 12.0. The van der Waals surface area contributed by atoms with E-state index in [1.165, 1.54) is 4.90 Å². The van der Waals surface area contributed by atoms with Crippen LogP contribution in [0.5, 0.6) is 0 Å². The van der Waals surface area contributed by atoms with Crippen molar-refractivity contribution in [3.05, 3.63) is 0 Å². The molecule has 1 saturated carbocycles. The van der Waals surface area contributed by atoms with Gasteiger partial charge in [0.05, 0.1) is 19.1 Å². The fraction of sp³-hybridized carbons (Fsp3) is 0.727. The molecule has 0 spiro atoms. The normalized spacial score (nSPS) is 15.9. The van der Waals surface area contributed by atoms with Gasteiger partial charge in [0.2, 0.25) is 11.8 Å². The summed E-state index contributed by atoms with van der Waals surface area (Å²) in [6.45, 7) is 1.84. The number of ether oxygens (including phenoxy) is 1. The Hall–Kier alpha value is -1.63. The van der Waals surface area contributed by atoms with Gasteiger partial charge in [-0.05, 0) is 19.8 Å². The summed E-state index contributed by atoms with van der Waals surface area (Å²) >= 11 is 0. The van der Waals surface area contributed by atoms with Crippen molar-refractivity contribution in [2.24, 2.45) is 11.5 Å². The predicted molar refractivity (Wildman–Crippen MR) is 63.2 cm³/mol. The smallest absolute Gasteiger partial charge is 0.325 e. The molecule has 1 aliphatic rings. The Labute approximate surface area is 105 Å². The van der Waals surface area contributed by atoms with E-state index in [0.29, 0.717) is 0 Å². The summed E-state index contributed by atoms with van der Waals surface area (Å²) in [5, 5.41) is 0. The van der Waals surface area contributed by atoms with Gasteiger partial charge in [-0.2, -0.15) is 0 Å². The van der Waals surface area contributed by atoms with Crippen LogP contribution in [0.1, 0.15) is 26.2 Å². The molecule has 7 heteroatoms. The summed E-state index contributed by atoms with van der Waals surface area (Å²) < 4.78 is 4.80. The molecule has 102 valence electrons. The van der Waals surface area contributed by atoms with Crippen molar-refractivity contribution in [3.63, 3.8) is 0 Å². The zero-order chi connectivity index (χ0) is 13.7. The van der Waals surface area contributed by atoms with Gasteiger partial charge in [-0.1, -0.05) is 0 Å². The van der Waals surface area contributed by atoms with Crippen LogP contribution in [0.2, 0.25) is 0 Å². The lowest BCUT2D eigenvalue weighted by atomic mass is 10.2. The van der Waals surface area contributed by atoms with Crippen molar-refractivity contribution >= 4 is 17.8 Å². The zero-order valence-corrected chi connectivity index (χ0v) is 10.4. The number of carbonyl (C=O) groups excluding carboxylic acids is 3. The highest BCUT2D eigenvalue weighted by Crippen LogP contribution is 2.27. The molecule has 1 rings (SSSR count). The van der Waals surface area contributed by atoms with E-state index in [9.17, 15) is 14.4 Å². The number of hydrogen-bond donors (Lipinski definition) is 2. The molecule has 4 N–H and O–H groups in total. The molecule has 0 aromatic carbocycles. The van der Waals surface area contributed by atoms with Crippen LogP contribution < -0.4 is 11.5 Å². The van der Waals surface area contributed by atoms with Gasteiger partial charge in [-0.15, -0.1) is 0 Å². The minimum Gasteiger partial charge on any atom is -0.465 e. The molecule has 0 saturated heterocycles. The summed E-state index contributed by atoms with van der Waals surface area (Å²) in [5.41, 5.74) is 10.6. The fourth-order valence-electron chi connectivity index (χ4n) is 1.64. The molecular formula is C11H19N3O4. The molecule has 18 heavy (non-hydrogen) atoms. The van der Waals surface area contributed by atoms with Crippen LogP contribution in [0.4, 0.5) is 0 Å². The first-order valence-corrected chi connectivity index (χ1v) is 5.95. The largest absolute Gasteiger partial charge is 0.465 e. The number of nitrogens with zero attached hydrogens (tertiary/aromatic N) is 1. The zero-order valence-electron chi connectivity index (χ0n) is 10.4. The van der Waals surface area contributed by atoms with Gasteiger partial charge in [-0.25, -0.2) is 0 Å². The monoisotopic (exact) mass is 257 g/mol. The first-order chi connectivity index (χ1) is 8.45. The second-order valence-electron chi connectivity index (χ2n) is 4.28. The molecule has 0 heterocycles. The molecule has 0 aromatic heterocycles. The van der Waals surface area contributed by atoms with Gasteiger partial charge >= 0.3 is 5.97 Å². The Bertz CT molecular complexity index is 341. The number of nitrogens with two attached hydrogens (primary N) is 2. The standard InChI is InChI=1S/C11H19N3O4/c1-2-18-10(16)6-14(7-3-4-7)11(17)8(12)5-9(13)15/h7-8H,2-6,12H2,1H3,(H2,13,15). The summed E-state index contributed by atoms with van der Waals surface area (Å²) in [7, 11) is 0.